The van der Waals surface area contributed by atoms with Crippen molar-refractivity contribution in [1.82, 2.24) is 9.97 Å². The van der Waals surface area contributed by atoms with Crippen molar-refractivity contribution in [2.45, 2.75) is 32.5 Å². The highest BCUT2D eigenvalue weighted by Crippen LogP contribution is 2.24. The van der Waals surface area contributed by atoms with Crippen LogP contribution in [0.4, 0.5) is 19.0 Å². The van der Waals surface area contributed by atoms with Gasteiger partial charge in [0.1, 0.15) is 12.1 Å². The Kier molecular flexibility index (Phi) is 4.53. The summed E-state index contributed by atoms with van der Waals surface area (Å²) in [5, 5.41) is 2.93. The van der Waals surface area contributed by atoms with Gasteiger partial charge in [-0.05, 0) is 13.3 Å². The lowest BCUT2D eigenvalue weighted by molar-refractivity contribution is -0.189. The van der Waals surface area contributed by atoms with Gasteiger partial charge in [-0.15, -0.1) is 0 Å². The maximum Gasteiger partial charge on any atom is 0.425 e. The summed E-state index contributed by atoms with van der Waals surface area (Å²) < 4.78 is 41.4. The number of rotatable bonds is 5. The molecule has 1 aromatic heterocycles. The summed E-state index contributed by atoms with van der Waals surface area (Å²) in [7, 11) is 0. The predicted molar refractivity (Wildman–Crippen MR) is 57.0 cm³/mol. The molecule has 0 saturated carbocycles. The lowest BCUT2D eigenvalue weighted by atomic mass is 10.4. The summed E-state index contributed by atoms with van der Waals surface area (Å²) in [6.45, 7) is 3.59. The van der Waals surface area contributed by atoms with Crippen LogP contribution in [-0.4, -0.2) is 28.8 Å². The van der Waals surface area contributed by atoms with Crippen LogP contribution >= 0.6 is 0 Å². The second-order valence-corrected chi connectivity index (χ2v) is 3.47. The molecular weight excluding hydrogens is 235 g/mol. The maximum absolute atomic E-state index is 12.3. The van der Waals surface area contributed by atoms with Gasteiger partial charge in [-0.25, -0.2) is 9.97 Å². The van der Waals surface area contributed by atoms with Crippen LogP contribution in [0.3, 0.4) is 0 Å². The predicted octanol–water partition coefficient (Wildman–Crippen LogP) is 2.63. The van der Waals surface area contributed by atoms with Crippen molar-refractivity contribution in [3.05, 3.63) is 12.4 Å². The quantitative estimate of drug-likeness (QED) is 0.871. The van der Waals surface area contributed by atoms with E-state index >= 15 is 0 Å². The highest BCUT2D eigenvalue weighted by molar-refractivity contribution is 5.36. The van der Waals surface area contributed by atoms with Crippen molar-refractivity contribution in [3.63, 3.8) is 0 Å². The van der Waals surface area contributed by atoms with Gasteiger partial charge in [-0.3, -0.25) is 0 Å². The lowest BCUT2D eigenvalue weighted by Crippen LogP contribution is -2.31. The number of hydrogen-bond donors (Lipinski definition) is 1. The Labute approximate surface area is 97.2 Å². The molecule has 0 spiro atoms. The molecule has 1 aromatic rings. The van der Waals surface area contributed by atoms with E-state index in [0.717, 1.165) is 19.7 Å². The molecule has 1 unspecified atom stereocenters. The Morgan fingerprint density at radius 1 is 1.41 bits per heavy atom. The average Bonchev–Trinajstić information content (AvgIpc) is 2.25. The molecule has 0 saturated heterocycles. The first-order valence-electron chi connectivity index (χ1n) is 5.22. The molecule has 0 radical (unpaired) electrons. The van der Waals surface area contributed by atoms with Gasteiger partial charge >= 0.3 is 6.18 Å². The summed E-state index contributed by atoms with van der Waals surface area (Å²) >= 11 is 0. The number of alkyl halides is 3. The number of nitrogens with one attached hydrogen (secondary N) is 1. The first-order valence-corrected chi connectivity index (χ1v) is 5.22. The van der Waals surface area contributed by atoms with Crippen LogP contribution in [0.15, 0.2) is 12.4 Å². The van der Waals surface area contributed by atoms with E-state index in [4.69, 9.17) is 0 Å². The van der Waals surface area contributed by atoms with Gasteiger partial charge in [0.2, 0.25) is 5.88 Å². The number of halogens is 3. The Morgan fingerprint density at radius 2 is 2.12 bits per heavy atom. The monoisotopic (exact) mass is 249 g/mol. The van der Waals surface area contributed by atoms with Crippen LogP contribution < -0.4 is 10.1 Å². The van der Waals surface area contributed by atoms with E-state index < -0.39 is 12.3 Å². The highest BCUT2D eigenvalue weighted by atomic mass is 19.4. The topological polar surface area (TPSA) is 47.0 Å². The average molecular weight is 249 g/mol. The van der Waals surface area contributed by atoms with Crippen LogP contribution in [0, 0.1) is 0 Å². The molecule has 0 bridgehead atoms. The van der Waals surface area contributed by atoms with Crippen LogP contribution in [0.25, 0.3) is 0 Å². The van der Waals surface area contributed by atoms with Crippen molar-refractivity contribution in [2.75, 3.05) is 11.9 Å². The molecule has 96 valence electrons. The Morgan fingerprint density at radius 3 is 2.71 bits per heavy atom. The van der Waals surface area contributed by atoms with E-state index in [2.05, 4.69) is 20.0 Å². The zero-order chi connectivity index (χ0) is 12.9. The van der Waals surface area contributed by atoms with Gasteiger partial charge in [0.05, 0.1) is 0 Å². The van der Waals surface area contributed by atoms with Crippen LogP contribution in [0.1, 0.15) is 20.3 Å². The molecule has 1 rings (SSSR count). The minimum Gasteiger partial charge on any atom is -0.465 e. The SMILES string of the molecule is CCCNc1cc(OC(C)C(F)(F)F)ncn1. The number of aromatic nitrogens is 2. The van der Waals surface area contributed by atoms with Gasteiger partial charge in [0, 0.05) is 12.6 Å². The molecule has 0 amide bonds. The molecule has 17 heavy (non-hydrogen) atoms. The summed E-state index contributed by atoms with van der Waals surface area (Å²) in [5.41, 5.74) is 0. The fourth-order valence-electron chi connectivity index (χ4n) is 1.00. The van der Waals surface area contributed by atoms with Gasteiger partial charge < -0.3 is 10.1 Å². The lowest BCUT2D eigenvalue weighted by Gasteiger charge is -2.16. The Hall–Kier alpha value is -1.53. The minimum atomic E-state index is -4.40. The van der Waals surface area contributed by atoms with Crippen molar-refractivity contribution >= 4 is 5.82 Å². The number of nitrogens with zero attached hydrogens (tertiary/aromatic N) is 2. The van der Waals surface area contributed by atoms with Crippen molar-refractivity contribution in [3.8, 4) is 5.88 Å². The molecule has 7 heteroatoms. The van der Waals surface area contributed by atoms with Crippen molar-refractivity contribution < 1.29 is 17.9 Å². The smallest absolute Gasteiger partial charge is 0.425 e. The fourth-order valence-corrected chi connectivity index (χ4v) is 1.00. The molecule has 0 aliphatic heterocycles. The van der Waals surface area contributed by atoms with Crippen molar-refractivity contribution in [1.29, 1.82) is 0 Å². The number of ether oxygens (including phenoxy) is 1. The standard InChI is InChI=1S/C10H14F3N3O/c1-3-4-14-8-5-9(16-6-15-8)17-7(2)10(11,12)13/h5-7H,3-4H2,1-2H3,(H,14,15,16). The third-order valence-corrected chi connectivity index (χ3v) is 1.96. The van der Waals surface area contributed by atoms with Gasteiger partial charge in [0.15, 0.2) is 6.10 Å². The number of hydrogen-bond acceptors (Lipinski definition) is 4. The Balaban J connectivity index is 2.65. The third kappa shape index (κ3) is 4.46. The van der Waals surface area contributed by atoms with E-state index in [0.29, 0.717) is 12.4 Å². The van der Waals surface area contributed by atoms with E-state index in [1.807, 2.05) is 6.92 Å². The van der Waals surface area contributed by atoms with E-state index in [1.54, 1.807) is 0 Å². The maximum atomic E-state index is 12.3. The molecule has 0 aliphatic rings. The van der Waals surface area contributed by atoms with E-state index in [-0.39, 0.29) is 5.88 Å². The normalized spacial score (nSPS) is 13.2. The molecule has 0 aliphatic carbocycles. The molecular formula is C10H14F3N3O. The molecule has 1 atom stereocenters. The fraction of sp³-hybridized carbons (Fsp3) is 0.600. The second-order valence-electron chi connectivity index (χ2n) is 3.47. The van der Waals surface area contributed by atoms with Gasteiger partial charge in [-0.1, -0.05) is 6.92 Å². The second kappa shape index (κ2) is 5.70. The van der Waals surface area contributed by atoms with Gasteiger partial charge in [-0.2, -0.15) is 13.2 Å². The van der Waals surface area contributed by atoms with Crippen molar-refractivity contribution in [2.24, 2.45) is 0 Å². The zero-order valence-electron chi connectivity index (χ0n) is 9.58. The van der Waals surface area contributed by atoms with Crippen LogP contribution in [0.5, 0.6) is 5.88 Å². The van der Waals surface area contributed by atoms with Crippen LogP contribution in [0.2, 0.25) is 0 Å². The zero-order valence-corrected chi connectivity index (χ0v) is 9.58. The molecule has 1 heterocycles. The first-order chi connectivity index (χ1) is 7.93. The van der Waals surface area contributed by atoms with E-state index in [1.165, 1.54) is 6.07 Å². The molecule has 0 fully saturated rings. The Bertz CT molecular complexity index is 357. The minimum absolute atomic E-state index is 0.0940. The summed E-state index contributed by atoms with van der Waals surface area (Å²) in [6.07, 6.45) is -4.24. The summed E-state index contributed by atoms with van der Waals surface area (Å²) in [5.74, 6) is 0.356. The van der Waals surface area contributed by atoms with Gasteiger partial charge in [0.25, 0.3) is 0 Å². The highest BCUT2D eigenvalue weighted by Gasteiger charge is 2.38. The molecule has 0 aromatic carbocycles. The van der Waals surface area contributed by atoms with E-state index in [9.17, 15) is 13.2 Å². The van der Waals surface area contributed by atoms with Crippen LogP contribution in [-0.2, 0) is 0 Å². The summed E-state index contributed by atoms with van der Waals surface area (Å²) in [6, 6.07) is 1.35. The largest absolute Gasteiger partial charge is 0.465 e. The first kappa shape index (κ1) is 13.5. The summed E-state index contributed by atoms with van der Waals surface area (Å²) in [4.78, 5) is 7.49. The number of anilines is 1. The molecule has 4 nitrogen and oxygen atoms in total. The third-order valence-electron chi connectivity index (χ3n) is 1.96. The molecule has 1 N–H and O–H groups in total.